The number of rotatable bonds is 18. The Morgan fingerprint density at radius 2 is 0.786 bits per heavy atom. The zero-order valence-electron chi connectivity index (χ0n) is 39.8. The number of piperidine rings is 2. The Hall–Kier alpha value is -6.00. The van der Waals surface area contributed by atoms with Crippen LogP contribution in [0, 0.1) is 35.1 Å². The van der Waals surface area contributed by atoms with Gasteiger partial charge in [-0.3, -0.25) is 0 Å². The summed E-state index contributed by atoms with van der Waals surface area (Å²) < 4.78 is 82.8. The van der Waals surface area contributed by atoms with Crippen LogP contribution in [0.2, 0.25) is 0 Å². The number of amides is 2. The molecule has 2 unspecified atom stereocenters. The number of carbonyl (C=O) groups excluding carboxylic acids is 4. The van der Waals surface area contributed by atoms with Crippen LogP contribution in [-0.2, 0) is 39.7 Å². The summed E-state index contributed by atoms with van der Waals surface area (Å²) in [6, 6.07) is 22.1. The van der Waals surface area contributed by atoms with Gasteiger partial charge in [0.1, 0.15) is 35.5 Å². The molecule has 2 atom stereocenters. The molecule has 8 rings (SSSR count). The SMILES string of the molecule is CN1CC(CCCCN2CCC(C(OC(=O)C(=O)OC(c3ccc(F)cc3)(c3ccc(F)cc3)C3CCN(CCCCC4CN(C)C(=O)O4)CC3)(c3ccc(F)cc3)c3ccc(F)cc3)CC2)OC1=O. The minimum Gasteiger partial charge on any atom is -0.444 e. The molecule has 374 valence electrons. The van der Waals surface area contributed by atoms with Crippen molar-refractivity contribution in [3.8, 4) is 0 Å². The molecule has 0 radical (unpaired) electrons. The molecular formula is C54H62F4N4O8. The van der Waals surface area contributed by atoms with Gasteiger partial charge >= 0.3 is 24.1 Å². The molecule has 4 aliphatic heterocycles. The number of halogens is 4. The van der Waals surface area contributed by atoms with Crippen molar-refractivity contribution in [2.75, 3.05) is 66.5 Å². The molecule has 2 amide bonds. The maximum atomic E-state index is 14.9. The molecule has 0 bridgehead atoms. The van der Waals surface area contributed by atoms with Gasteiger partial charge in [0.05, 0.1) is 13.1 Å². The highest BCUT2D eigenvalue weighted by Gasteiger charge is 2.52. The highest BCUT2D eigenvalue weighted by molar-refractivity contribution is 6.30. The van der Waals surface area contributed by atoms with Crippen LogP contribution >= 0.6 is 0 Å². The molecule has 12 nitrogen and oxygen atoms in total. The molecule has 4 fully saturated rings. The number of unbranched alkanes of at least 4 members (excludes halogenated alkanes) is 2. The highest BCUT2D eigenvalue weighted by Crippen LogP contribution is 2.48. The number of hydrogen-bond donors (Lipinski definition) is 0. The standard InChI is InChI=1S/C54H62F4N4O8/c1-59-35-47(67-51(59)65)7-3-5-29-61-31-25-41(26-32-61)53(37-9-17-43(55)18-10-37,38-11-19-44(56)20-12-38)69-49(63)50(64)70-54(39-13-21-45(57)22-14-39,40-15-23-46(58)24-16-40)42-27-33-62(34-28-42)30-6-4-8-48-36-60(2)52(66)68-48/h9-24,41-42,47-48H,3-8,25-36H2,1-2H3. The fourth-order valence-corrected chi connectivity index (χ4v) is 11.0. The summed E-state index contributed by atoms with van der Waals surface area (Å²) in [6.07, 6.45) is 6.00. The van der Waals surface area contributed by atoms with Crippen LogP contribution < -0.4 is 0 Å². The van der Waals surface area contributed by atoms with E-state index in [0.29, 0.717) is 87.2 Å². The van der Waals surface area contributed by atoms with Gasteiger partial charge < -0.3 is 38.5 Å². The first-order valence-corrected chi connectivity index (χ1v) is 24.5. The maximum absolute atomic E-state index is 14.9. The van der Waals surface area contributed by atoms with Gasteiger partial charge in [-0.1, -0.05) is 48.5 Å². The van der Waals surface area contributed by atoms with Crippen LogP contribution in [0.25, 0.3) is 0 Å². The summed E-state index contributed by atoms with van der Waals surface area (Å²) in [4.78, 5) is 61.2. The number of carbonyl (C=O) groups is 4. The first kappa shape index (κ1) is 50.4. The molecule has 4 aliphatic rings. The van der Waals surface area contributed by atoms with Crippen molar-refractivity contribution < 1.29 is 55.7 Å². The largest absolute Gasteiger partial charge is 0.444 e. The second kappa shape index (κ2) is 22.4. The molecule has 0 N–H and O–H groups in total. The Labute approximate surface area is 406 Å². The summed E-state index contributed by atoms with van der Waals surface area (Å²) in [7, 11) is 3.43. The van der Waals surface area contributed by atoms with E-state index >= 15 is 0 Å². The van der Waals surface area contributed by atoms with Crippen LogP contribution in [0.4, 0.5) is 27.2 Å². The lowest BCUT2D eigenvalue weighted by molar-refractivity contribution is -0.191. The van der Waals surface area contributed by atoms with E-state index in [2.05, 4.69) is 9.80 Å². The second-order valence-corrected chi connectivity index (χ2v) is 19.3. The Morgan fingerprint density at radius 1 is 0.500 bits per heavy atom. The molecular weight excluding hydrogens is 909 g/mol. The molecule has 4 aromatic rings. The maximum Gasteiger partial charge on any atom is 0.418 e. The van der Waals surface area contributed by atoms with E-state index in [-0.39, 0.29) is 24.4 Å². The molecule has 4 saturated heterocycles. The van der Waals surface area contributed by atoms with Crippen molar-refractivity contribution in [3.63, 3.8) is 0 Å². The number of esters is 2. The van der Waals surface area contributed by atoms with Gasteiger partial charge in [0, 0.05) is 48.2 Å². The second-order valence-electron chi connectivity index (χ2n) is 19.3. The Balaban J connectivity index is 1.05. The molecule has 0 saturated carbocycles. The van der Waals surface area contributed by atoms with E-state index in [1.807, 2.05) is 0 Å². The lowest BCUT2D eigenvalue weighted by Crippen LogP contribution is -2.50. The van der Waals surface area contributed by atoms with E-state index in [0.717, 1.165) is 51.6 Å². The van der Waals surface area contributed by atoms with E-state index in [4.69, 9.17) is 18.9 Å². The highest BCUT2D eigenvalue weighted by atomic mass is 19.1. The zero-order valence-corrected chi connectivity index (χ0v) is 39.8. The van der Waals surface area contributed by atoms with Crippen LogP contribution in [-0.4, -0.2) is 122 Å². The van der Waals surface area contributed by atoms with Crippen LogP contribution in [0.15, 0.2) is 97.1 Å². The van der Waals surface area contributed by atoms with Crippen molar-refractivity contribution in [2.45, 2.75) is 87.6 Å². The van der Waals surface area contributed by atoms with Crippen LogP contribution in [0.3, 0.4) is 0 Å². The molecule has 0 spiro atoms. The van der Waals surface area contributed by atoms with Crippen molar-refractivity contribution in [3.05, 3.63) is 143 Å². The smallest absolute Gasteiger partial charge is 0.418 e. The van der Waals surface area contributed by atoms with E-state index < -0.39 is 58.2 Å². The first-order chi connectivity index (χ1) is 33.7. The quantitative estimate of drug-likeness (QED) is 0.0314. The number of benzene rings is 4. The third-order valence-corrected chi connectivity index (χ3v) is 14.7. The van der Waals surface area contributed by atoms with Crippen molar-refractivity contribution in [1.82, 2.24) is 19.6 Å². The number of nitrogens with zero attached hydrogens (tertiary/aromatic N) is 4. The molecule has 0 aliphatic carbocycles. The monoisotopic (exact) mass is 970 g/mol. The lowest BCUT2D eigenvalue weighted by atomic mass is 9.71. The topological polar surface area (TPSA) is 118 Å². The number of likely N-dealkylation sites (N-methyl/N-ethyl adjacent to an activating group) is 2. The third-order valence-electron chi connectivity index (χ3n) is 14.7. The van der Waals surface area contributed by atoms with Gasteiger partial charge in [-0.2, -0.15) is 0 Å². The first-order valence-electron chi connectivity index (χ1n) is 24.5. The van der Waals surface area contributed by atoms with Gasteiger partial charge in [0.2, 0.25) is 0 Å². The summed E-state index contributed by atoms with van der Waals surface area (Å²) in [5.41, 5.74) is -1.91. The van der Waals surface area contributed by atoms with Crippen molar-refractivity contribution >= 4 is 24.1 Å². The van der Waals surface area contributed by atoms with Gasteiger partial charge in [-0.25, -0.2) is 36.7 Å². The van der Waals surface area contributed by atoms with Crippen LogP contribution in [0.5, 0.6) is 0 Å². The number of hydrogen-bond acceptors (Lipinski definition) is 10. The van der Waals surface area contributed by atoms with Crippen LogP contribution in [0.1, 0.15) is 86.5 Å². The predicted molar refractivity (Wildman–Crippen MR) is 251 cm³/mol. The number of likely N-dealkylation sites (tertiary alicyclic amines) is 2. The fraction of sp³-hybridized carbons (Fsp3) is 0.481. The third kappa shape index (κ3) is 11.4. The Kier molecular flexibility index (Phi) is 16.1. The summed E-state index contributed by atoms with van der Waals surface area (Å²) in [5, 5.41) is 0. The number of cyclic esters (lactones) is 2. The average Bonchev–Trinajstić information content (AvgIpc) is 3.87. The summed E-state index contributed by atoms with van der Waals surface area (Å²) in [5.74, 6) is -5.76. The van der Waals surface area contributed by atoms with Gasteiger partial charge in [0.15, 0.2) is 11.2 Å². The summed E-state index contributed by atoms with van der Waals surface area (Å²) >= 11 is 0. The molecule has 4 heterocycles. The van der Waals surface area contributed by atoms with Crippen molar-refractivity contribution in [2.24, 2.45) is 11.8 Å². The Morgan fingerprint density at radius 3 is 1.04 bits per heavy atom. The number of ether oxygens (including phenoxy) is 4. The van der Waals surface area contributed by atoms with Gasteiger partial charge in [-0.05, 0) is 152 Å². The molecule has 16 heteroatoms. The van der Waals surface area contributed by atoms with E-state index in [1.54, 1.807) is 23.9 Å². The van der Waals surface area contributed by atoms with Gasteiger partial charge in [0.25, 0.3) is 0 Å². The normalized spacial score (nSPS) is 19.9. The van der Waals surface area contributed by atoms with Crippen molar-refractivity contribution in [1.29, 1.82) is 0 Å². The molecule has 4 aromatic carbocycles. The summed E-state index contributed by atoms with van der Waals surface area (Å²) in [6.45, 7) is 5.08. The van der Waals surface area contributed by atoms with E-state index in [1.165, 1.54) is 97.1 Å². The fourth-order valence-electron chi connectivity index (χ4n) is 11.0. The Bertz CT molecular complexity index is 2150. The molecule has 0 aromatic heterocycles. The average molecular weight is 971 g/mol. The zero-order chi connectivity index (χ0) is 49.4. The predicted octanol–water partition coefficient (Wildman–Crippen LogP) is 9.18. The van der Waals surface area contributed by atoms with Gasteiger partial charge in [-0.15, -0.1) is 0 Å². The molecule has 70 heavy (non-hydrogen) atoms. The minimum atomic E-state index is -1.71. The van der Waals surface area contributed by atoms with E-state index in [9.17, 15) is 36.7 Å². The minimum absolute atomic E-state index is 0.136. The lowest BCUT2D eigenvalue weighted by Gasteiger charge is -2.46.